The van der Waals surface area contributed by atoms with Crippen LogP contribution in [0.1, 0.15) is 30.7 Å². The van der Waals surface area contributed by atoms with E-state index in [9.17, 15) is 4.79 Å². The van der Waals surface area contributed by atoms with Gasteiger partial charge in [0.2, 0.25) is 0 Å². The second-order valence-corrected chi connectivity index (χ2v) is 6.03. The molecule has 0 saturated heterocycles. The number of rotatable bonds is 5. The molecule has 0 atom stereocenters. The highest BCUT2D eigenvalue weighted by Crippen LogP contribution is 2.12. The average Bonchev–Trinajstić information content (AvgIpc) is 2.42. The Balaban J connectivity index is 2.30. The molecule has 3 nitrogen and oxygen atoms in total. The summed E-state index contributed by atoms with van der Waals surface area (Å²) < 4.78 is 2.08. The zero-order valence-corrected chi connectivity index (χ0v) is 13.3. The smallest absolute Gasteiger partial charge is 0.186 e. The zero-order chi connectivity index (χ0) is 15.4. The van der Waals surface area contributed by atoms with Gasteiger partial charge in [0.1, 0.15) is 0 Å². The summed E-state index contributed by atoms with van der Waals surface area (Å²) in [6, 6.07) is 10.1. The highest BCUT2D eigenvalue weighted by atomic mass is 16.1. The van der Waals surface area contributed by atoms with Gasteiger partial charge < -0.3 is 9.88 Å². The molecule has 0 aliphatic rings. The van der Waals surface area contributed by atoms with Crippen LogP contribution in [-0.4, -0.2) is 11.1 Å². The maximum Gasteiger partial charge on any atom is 0.186 e. The van der Waals surface area contributed by atoms with Gasteiger partial charge in [-0.05, 0) is 38.4 Å². The predicted molar refractivity (Wildman–Crippen MR) is 88.1 cm³/mol. The van der Waals surface area contributed by atoms with Crippen molar-refractivity contribution in [1.29, 1.82) is 0 Å². The Kier molecular flexibility index (Phi) is 4.97. The van der Waals surface area contributed by atoms with E-state index in [2.05, 4.69) is 54.9 Å². The molecule has 1 aromatic carbocycles. The van der Waals surface area contributed by atoms with E-state index in [1.54, 1.807) is 6.07 Å². The summed E-state index contributed by atoms with van der Waals surface area (Å²) in [6.07, 6.45) is 1.95. The van der Waals surface area contributed by atoms with E-state index in [4.69, 9.17) is 0 Å². The van der Waals surface area contributed by atoms with Crippen molar-refractivity contribution in [2.45, 2.75) is 34.2 Å². The SMILES string of the molecule is Cc1ccc(-n2cc(CNCC(C)C)c(=O)cc2C)cc1. The van der Waals surface area contributed by atoms with Gasteiger partial charge >= 0.3 is 0 Å². The summed E-state index contributed by atoms with van der Waals surface area (Å²) >= 11 is 0. The average molecular weight is 284 g/mol. The molecule has 21 heavy (non-hydrogen) atoms. The lowest BCUT2D eigenvalue weighted by Gasteiger charge is -2.14. The van der Waals surface area contributed by atoms with E-state index >= 15 is 0 Å². The van der Waals surface area contributed by atoms with Crippen LogP contribution in [0.2, 0.25) is 0 Å². The Morgan fingerprint density at radius 2 is 1.81 bits per heavy atom. The molecule has 0 amide bonds. The van der Waals surface area contributed by atoms with E-state index in [0.29, 0.717) is 12.5 Å². The van der Waals surface area contributed by atoms with Gasteiger partial charge in [-0.2, -0.15) is 0 Å². The summed E-state index contributed by atoms with van der Waals surface area (Å²) in [7, 11) is 0. The van der Waals surface area contributed by atoms with Crippen molar-refractivity contribution in [1.82, 2.24) is 9.88 Å². The fourth-order valence-electron chi connectivity index (χ4n) is 2.29. The van der Waals surface area contributed by atoms with E-state index in [-0.39, 0.29) is 5.43 Å². The highest BCUT2D eigenvalue weighted by Gasteiger charge is 2.06. The number of hydrogen-bond donors (Lipinski definition) is 1. The van der Waals surface area contributed by atoms with Crippen LogP contribution >= 0.6 is 0 Å². The maximum absolute atomic E-state index is 12.1. The molecule has 0 aliphatic carbocycles. The minimum absolute atomic E-state index is 0.104. The van der Waals surface area contributed by atoms with Crippen molar-refractivity contribution in [3.05, 3.63) is 63.6 Å². The molecule has 0 aliphatic heterocycles. The molecule has 0 saturated carbocycles. The van der Waals surface area contributed by atoms with Gasteiger partial charge in [-0.3, -0.25) is 4.79 Å². The number of benzene rings is 1. The van der Waals surface area contributed by atoms with E-state index in [0.717, 1.165) is 23.5 Å². The standard InChI is InChI=1S/C18H24N2O/c1-13(2)10-19-11-16-12-20(15(4)9-18(16)21)17-7-5-14(3)6-8-17/h5-9,12-13,19H,10-11H2,1-4H3. The van der Waals surface area contributed by atoms with Crippen molar-refractivity contribution < 1.29 is 0 Å². The molecule has 2 aromatic rings. The third-order valence-corrected chi connectivity index (χ3v) is 3.50. The maximum atomic E-state index is 12.1. The largest absolute Gasteiger partial charge is 0.321 e. The number of hydrogen-bond acceptors (Lipinski definition) is 2. The van der Waals surface area contributed by atoms with Crippen molar-refractivity contribution in [2.75, 3.05) is 6.54 Å². The van der Waals surface area contributed by atoms with Crippen molar-refractivity contribution in [2.24, 2.45) is 5.92 Å². The Morgan fingerprint density at radius 3 is 2.43 bits per heavy atom. The van der Waals surface area contributed by atoms with Crippen molar-refractivity contribution >= 4 is 0 Å². The third kappa shape index (κ3) is 4.05. The Morgan fingerprint density at radius 1 is 1.14 bits per heavy atom. The van der Waals surface area contributed by atoms with Crippen LogP contribution in [0.25, 0.3) is 5.69 Å². The lowest BCUT2D eigenvalue weighted by Crippen LogP contribution is -2.24. The van der Waals surface area contributed by atoms with Crippen LogP contribution in [0.4, 0.5) is 0 Å². The van der Waals surface area contributed by atoms with E-state index in [1.807, 2.05) is 13.1 Å². The second-order valence-electron chi connectivity index (χ2n) is 6.03. The summed E-state index contributed by atoms with van der Waals surface area (Å²) in [5.74, 6) is 0.578. The molecule has 0 bridgehead atoms. The van der Waals surface area contributed by atoms with Crippen LogP contribution in [0.15, 0.2) is 41.3 Å². The molecular weight excluding hydrogens is 260 g/mol. The monoisotopic (exact) mass is 284 g/mol. The molecule has 1 aromatic heterocycles. The molecule has 0 radical (unpaired) electrons. The Labute approximate surface area is 126 Å². The zero-order valence-electron chi connectivity index (χ0n) is 13.3. The quantitative estimate of drug-likeness (QED) is 0.915. The first-order valence-electron chi connectivity index (χ1n) is 7.47. The summed E-state index contributed by atoms with van der Waals surface area (Å²) in [5, 5.41) is 3.34. The first-order chi connectivity index (χ1) is 9.97. The number of aryl methyl sites for hydroxylation is 2. The van der Waals surface area contributed by atoms with Gasteiger partial charge in [0, 0.05) is 35.8 Å². The first-order valence-corrected chi connectivity index (χ1v) is 7.47. The Bertz CT molecular complexity index is 654. The lowest BCUT2D eigenvalue weighted by atomic mass is 10.2. The van der Waals surface area contributed by atoms with Gasteiger partial charge in [-0.15, -0.1) is 0 Å². The van der Waals surface area contributed by atoms with Gasteiger partial charge in [-0.1, -0.05) is 31.5 Å². The van der Waals surface area contributed by atoms with Crippen molar-refractivity contribution in [3.63, 3.8) is 0 Å². The van der Waals surface area contributed by atoms with Gasteiger partial charge in [0.25, 0.3) is 0 Å². The van der Waals surface area contributed by atoms with Crippen LogP contribution in [0, 0.1) is 19.8 Å². The van der Waals surface area contributed by atoms with Crippen molar-refractivity contribution in [3.8, 4) is 5.69 Å². The molecule has 112 valence electrons. The minimum atomic E-state index is 0.104. The molecule has 1 heterocycles. The summed E-state index contributed by atoms with van der Waals surface area (Å²) in [6.45, 7) is 9.89. The molecular formula is C18H24N2O. The normalized spacial score (nSPS) is 11.1. The summed E-state index contributed by atoms with van der Waals surface area (Å²) in [4.78, 5) is 12.1. The second kappa shape index (κ2) is 6.72. The topological polar surface area (TPSA) is 34.0 Å². The summed E-state index contributed by atoms with van der Waals surface area (Å²) in [5.41, 5.74) is 4.19. The highest BCUT2D eigenvalue weighted by molar-refractivity contribution is 5.37. The number of aromatic nitrogens is 1. The molecule has 2 rings (SSSR count). The van der Waals surface area contributed by atoms with Crippen LogP contribution in [-0.2, 0) is 6.54 Å². The minimum Gasteiger partial charge on any atom is -0.321 e. The third-order valence-electron chi connectivity index (χ3n) is 3.50. The van der Waals surface area contributed by atoms with Crippen LogP contribution in [0.3, 0.4) is 0 Å². The number of nitrogens with zero attached hydrogens (tertiary/aromatic N) is 1. The first kappa shape index (κ1) is 15.5. The molecule has 0 spiro atoms. The Hall–Kier alpha value is -1.87. The van der Waals surface area contributed by atoms with E-state index < -0.39 is 0 Å². The van der Waals surface area contributed by atoms with E-state index in [1.165, 1.54) is 5.56 Å². The predicted octanol–water partition coefficient (Wildman–Crippen LogP) is 3.20. The fraction of sp³-hybridized carbons (Fsp3) is 0.389. The van der Waals surface area contributed by atoms with Gasteiger partial charge in [0.05, 0.1) is 0 Å². The molecule has 0 fully saturated rings. The van der Waals surface area contributed by atoms with Gasteiger partial charge in [0.15, 0.2) is 5.43 Å². The number of nitrogens with one attached hydrogen (secondary N) is 1. The molecule has 3 heteroatoms. The lowest BCUT2D eigenvalue weighted by molar-refractivity contribution is 0.550. The molecule has 0 unspecified atom stereocenters. The number of pyridine rings is 1. The molecule has 1 N–H and O–H groups in total. The fourth-order valence-corrected chi connectivity index (χ4v) is 2.29. The van der Waals surface area contributed by atoms with Crippen LogP contribution < -0.4 is 10.7 Å². The van der Waals surface area contributed by atoms with Gasteiger partial charge in [-0.25, -0.2) is 0 Å². The van der Waals surface area contributed by atoms with Crippen LogP contribution in [0.5, 0.6) is 0 Å².